The van der Waals surface area contributed by atoms with Crippen molar-refractivity contribution in [2.45, 2.75) is 30.8 Å². The van der Waals surface area contributed by atoms with Crippen molar-refractivity contribution in [2.75, 3.05) is 11.9 Å². The molecule has 2 aromatic carbocycles. The van der Waals surface area contributed by atoms with Crippen LogP contribution in [0.25, 0.3) is 0 Å². The Morgan fingerprint density at radius 2 is 2.00 bits per heavy atom. The lowest BCUT2D eigenvalue weighted by Gasteiger charge is -2.14. The first-order valence-corrected chi connectivity index (χ1v) is 11.2. The Hall–Kier alpha value is -2.98. The van der Waals surface area contributed by atoms with Gasteiger partial charge in [-0.1, -0.05) is 23.7 Å². The number of amides is 1. The molecule has 0 unspecified atom stereocenters. The molecule has 0 saturated carbocycles. The first-order valence-electron chi connectivity index (χ1n) is 9.29. The monoisotopic (exact) mass is 467 g/mol. The molecule has 0 saturated heterocycles. The molecule has 1 aliphatic heterocycles. The number of hydrogen-bond donors (Lipinski definition) is 2. The van der Waals surface area contributed by atoms with Gasteiger partial charge in [-0.15, -0.1) is 0 Å². The van der Waals surface area contributed by atoms with Crippen LogP contribution in [-0.4, -0.2) is 38.8 Å². The van der Waals surface area contributed by atoms with E-state index >= 15 is 0 Å². The van der Waals surface area contributed by atoms with Crippen molar-refractivity contribution < 1.29 is 27.1 Å². The zero-order valence-electron chi connectivity index (χ0n) is 16.4. The van der Waals surface area contributed by atoms with Crippen LogP contribution in [0.4, 0.5) is 10.1 Å². The molecule has 8 nitrogen and oxygen atoms in total. The number of halogens is 2. The Kier molecular flexibility index (Phi) is 6.91. The molecule has 3 rings (SSSR count). The number of ether oxygens (including phenoxy) is 1. The van der Waals surface area contributed by atoms with Crippen molar-refractivity contribution >= 4 is 45.0 Å². The number of hydrogen-bond acceptors (Lipinski definition) is 6. The van der Waals surface area contributed by atoms with Gasteiger partial charge in [0.15, 0.2) is 6.10 Å². The standard InChI is InChI=1S/C20H19ClFN3O5S/c1-12(20(27)24-16-9-8-13(22)11-15(16)21)30-18(26)7-4-10-23-19-14-5-2-3-6-17(14)31(28,29)25-19/h2-3,5-6,8-9,11-12H,4,7,10H2,1H3,(H,23,25)(H,24,27)/t12-/m0/s1. The molecule has 1 atom stereocenters. The first kappa shape index (κ1) is 22.7. The molecule has 0 fully saturated rings. The second-order valence-electron chi connectivity index (χ2n) is 6.68. The lowest BCUT2D eigenvalue weighted by molar-refractivity contribution is -0.153. The molecule has 1 heterocycles. The second-order valence-corrected chi connectivity index (χ2v) is 8.74. The lowest BCUT2D eigenvalue weighted by Crippen LogP contribution is -2.30. The van der Waals surface area contributed by atoms with Crippen LogP contribution in [-0.2, 0) is 24.3 Å². The maximum Gasteiger partial charge on any atom is 0.306 e. The van der Waals surface area contributed by atoms with Crippen LogP contribution in [0.2, 0.25) is 5.02 Å². The summed E-state index contributed by atoms with van der Waals surface area (Å²) in [4.78, 5) is 28.5. The Bertz CT molecular complexity index is 1150. The summed E-state index contributed by atoms with van der Waals surface area (Å²) in [6.45, 7) is 1.59. The fraction of sp³-hybridized carbons (Fsp3) is 0.250. The van der Waals surface area contributed by atoms with E-state index < -0.39 is 33.8 Å². The zero-order valence-corrected chi connectivity index (χ0v) is 18.0. The Labute approximate surface area is 183 Å². The van der Waals surface area contributed by atoms with Crippen LogP contribution in [0.1, 0.15) is 25.3 Å². The minimum atomic E-state index is -3.61. The average molecular weight is 468 g/mol. The number of amidine groups is 1. The van der Waals surface area contributed by atoms with Crippen LogP contribution >= 0.6 is 11.6 Å². The SMILES string of the molecule is C[C@H](OC(=O)CCCN=C1NS(=O)(=O)c2ccccc21)C(=O)Nc1ccc(F)cc1Cl. The van der Waals surface area contributed by atoms with Gasteiger partial charge in [-0.2, -0.15) is 0 Å². The molecule has 1 aliphatic rings. The fourth-order valence-corrected chi connectivity index (χ4v) is 4.27. The summed E-state index contributed by atoms with van der Waals surface area (Å²) in [5.41, 5.74) is 0.681. The summed E-state index contributed by atoms with van der Waals surface area (Å²) in [5.74, 6) is -1.53. The number of esters is 1. The highest BCUT2D eigenvalue weighted by Crippen LogP contribution is 2.23. The summed E-state index contributed by atoms with van der Waals surface area (Å²) < 4.78 is 44.6. The molecule has 2 N–H and O–H groups in total. The van der Waals surface area contributed by atoms with Gasteiger partial charge in [0.25, 0.3) is 15.9 Å². The summed E-state index contributed by atoms with van der Waals surface area (Å²) in [6, 6.07) is 9.97. The molecule has 0 radical (unpaired) electrons. The highest BCUT2D eigenvalue weighted by molar-refractivity contribution is 7.90. The summed E-state index contributed by atoms with van der Waals surface area (Å²) >= 11 is 5.85. The molecule has 0 aliphatic carbocycles. The topological polar surface area (TPSA) is 114 Å². The number of fused-ring (bicyclic) bond motifs is 1. The largest absolute Gasteiger partial charge is 0.453 e. The summed E-state index contributed by atoms with van der Waals surface area (Å²) in [5, 5.41) is 2.49. The summed E-state index contributed by atoms with van der Waals surface area (Å²) in [7, 11) is -3.61. The molecule has 11 heteroatoms. The molecule has 0 aromatic heterocycles. The van der Waals surface area contributed by atoms with Gasteiger partial charge in [-0.25, -0.2) is 12.8 Å². The number of benzene rings is 2. The Morgan fingerprint density at radius 1 is 1.26 bits per heavy atom. The van der Waals surface area contributed by atoms with Crippen molar-refractivity contribution in [1.82, 2.24) is 4.72 Å². The normalized spacial score (nSPS) is 16.3. The Balaban J connectivity index is 1.47. The predicted octanol–water partition coefficient (Wildman–Crippen LogP) is 2.87. The number of rotatable bonds is 7. The van der Waals surface area contributed by atoms with E-state index in [1.165, 1.54) is 19.1 Å². The molecule has 164 valence electrons. The number of carbonyl (C=O) groups is 2. The molecular formula is C20H19ClFN3O5S. The van der Waals surface area contributed by atoms with Gasteiger partial charge in [0, 0.05) is 18.5 Å². The van der Waals surface area contributed by atoms with Gasteiger partial charge >= 0.3 is 5.97 Å². The molecular weight excluding hydrogens is 449 g/mol. The minimum Gasteiger partial charge on any atom is -0.453 e. The number of sulfonamides is 1. The molecule has 31 heavy (non-hydrogen) atoms. The van der Waals surface area contributed by atoms with Crippen molar-refractivity contribution in [3.63, 3.8) is 0 Å². The molecule has 0 bridgehead atoms. The van der Waals surface area contributed by atoms with Gasteiger partial charge in [-0.3, -0.25) is 19.3 Å². The van der Waals surface area contributed by atoms with E-state index in [2.05, 4.69) is 15.0 Å². The third kappa shape index (κ3) is 5.59. The molecule has 1 amide bonds. The van der Waals surface area contributed by atoms with Crippen molar-refractivity contribution in [1.29, 1.82) is 0 Å². The van der Waals surface area contributed by atoms with Gasteiger partial charge in [0.2, 0.25) is 0 Å². The van der Waals surface area contributed by atoms with E-state index in [1.54, 1.807) is 18.2 Å². The van der Waals surface area contributed by atoms with Crippen molar-refractivity contribution in [3.05, 3.63) is 58.9 Å². The minimum absolute atomic E-state index is 0.0138. The van der Waals surface area contributed by atoms with Gasteiger partial charge in [0.05, 0.1) is 15.6 Å². The van der Waals surface area contributed by atoms with Gasteiger partial charge < -0.3 is 10.1 Å². The Morgan fingerprint density at radius 3 is 2.74 bits per heavy atom. The smallest absolute Gasteiger partial charge is 0.306 e. The van der Waals surface area contributed by atoms with Gasteiger partial charge in [-0.05, 0) is 43.7 Å². The number of nitrogens with one attached hydrogen (secondary N) is 2. The van der Waals surface area contributed by atoms with Crippen LogP contribution in [0, 0.1) is 5.82 Å². The number of nitrogens with zero attached hydrogens (tertiary/aromatic N) is 1. The average Bonchev–Trinajstić information content (AvgIpc) is 2.98. The van der Waals surface area contributed by atoms with E-state index in [0.717, 1.165) is 12.1 Å². The molecule has 2 aromatic rings. The van der Waals surface area contributed by atoms with E-state index in [1.807, 2.05) is 0 Å². The maximum atomic E-state index is 13.1. The van der Waals surface area contributed by atoms with Crippen molar-refractivity contribution in [3.8, 4) is 0 Å². The number of anilines is 1. The fourth-order valence-electron chi connectivity index (χ4n) is 2.80. The molecule has 0 spiro atoms. The van der Waals surface area contributed by atoms with Crippen LogP contribution in [0.15, 0.2) is 52.4 Å². The van der Waals surface area contributed by atoms with E-state index in [4.69, 9.17) is 16.3 Å². The van der Waals surface area contributed by atoms with Gasteiger partial charge in [0.1, 0.15) is 11.7 Å². The van der Waals surface area contributed by atoms with Crippen molar-refractivity contribution in [2.24, 2.45) is 4.99 Å². The number of carbonyl (C=O) groups excluding carboxylic acids is 2. The number of aliphatic imine (C=N–C) groups is 1. The van der Waals surface area contributed by atoms with E-state index in [-0.39, 0.29) is 34.4 Å². The highest BCUT2D eigenvalue weighted by Gasteiger charge is 2.29. The lowest BCUT2D eigenvalue weighted by atomic mass is 10.2. The van der Waals surface area contributed by atoms with Crippen LogP contribution in [0.5, 0.6) is 0 Å². The second kappa shape index (κ2) is 9.44. The van der Waals surface area contributed by atoms with Crippen LogP contribution in [0.3, 0.4) is 0 Å². The zero-order chi connectivity index (χ0) is 22.6. The van der Waals surface area contributed by atoms with E-state index in [0.29, 0.717) is 12.0 Å². The van der Waals surface area contributed by atoms with Crippen LogP contribution < -0.4 is 10.0 Å². The maximum absolute atomic E-state index is 13.1. The third-order valence-electron chi connectivity index (χ3n) is 4.34. The highest BCUT2D eigenvalue weighted by atomic mass is 35.5. The van der Waals surface area contributed by atoms with E-state index in [9.17, 15) is 22.4 Å². The third-order valence-corrected chi connectivity index (χ3v) is 6.05. The predicted molar refractivity (Wildman–Crippen MR) is 113 cm³/mol. The summed E-state index contributed by atoms with van der Waals surface area (Å²) in [6.07, 6.45) is -0.807. The first-order chi connectivity index (χ1) is 14.7. The quantitative estimate of drug-likeness (QED) is 0.480.